The second-order valence-electron chi connectivity index (χ2n) is 6.69. The van der Waals surface area contributed by atoms with Gasteiger partial charge in [0, 0.05) is 32.3 Å². The van der Waals surface area contributed by atoms with Gasteiger partial charge in [0.15, 0.2) is 5.11 Å². The van der Waals surface area contributed by atoms with E-state index in [1.165, 1.54) is 11.1 Å². The molecule has 7 nitrogen and oxygen atoms in total. The number of ether oxygens (including phenoxy) is 2. The van der Waals surface area contributed by atoms with E-state index in [1.54, 1.807) is 7.11 Å². The van der Waals surface area contributed by atoms with E-state index < -0.39 is 0 Å². The smallest absolute Gasteiger partial charge is 0.234 e. The van der Waals surface area contributed by atoms with E-state index in [2.05, 4.69) is 49.8 Å². The fourth-order valence-electron chi connectivity index (χ4n) is 3.39. The molecule has 1 saturated heterocycles. The van der Waals surface area contributed by atoms with Gasteiger partial charge in [-0.05, 0) is 36.2 Å². The number of hydrogen-bond donors (Lipinski definition) is 2. The highest BCUT2D eigenvalue weighted by Crippen LogP contribution is 2.29. The summed E-state index contributed by atoms with van der Waals surface area (Å²) in [6.07, 6.45) is 2.38. The van der Waals surface area contributed by atoms with Crippen LogP contribution in [0.4, 0.5) is 11.8 Å². The summed E-state index contributed by atoms with van der Waals surface area (Å²) in [6, 6.07) is 10.3. The molecule has 3 heterocycles. The van der Waals surface area contributed by atoms with Crippen LogP contribution in [-0.4, -0.2) is 41.4 Å². The van der Waals surface area contributed by atoms with Crippen molar-refractivity contribution in [2.75, 3.05) is 30.5 Å². The first-order chi connectivity index (χ1) is 13.2. The van der Waals surface area contributed by atoms with E-state index >= 15 is 0 Å². The summed E-state index contributed by atoms with van der Waals surface area (Å²) in [5, 5.41) is 6.72. The molecule has 27 heavy (non-hydrogen) atoms. The lowest BCUT2D eigenvalue weighted by molar-refractivity contribution is 0.114. The number of benzene rings is 1. The van der Waals surface area contributed by atoms with Crippen molar-refractivity contribution < 1.29 is 9.47 Å². The molecule has 8 heteroatoms. The molecule has 0 unspecified atom stereocenters. The highest BCUT2D eigenvalue weighted by Gasteiger charge is 2.21. The molecule has 0 saturated carbocycles. The van der Waals surface area contributed by atoms with Gasteiger partial charge in [0.05, 0.1) is 13.2 Å². The Morgan fingerprint density at radius 1 is 1.30 bits per heavy atom. The molecule has 0 radical (unpaired) electrons. The van der Waals surface area contributed by atoms with Crippen molar-refractivity contribution in [2.24, 2.45) is 0 Å². The van der Waals surface area contributed by atoms with Crippen LogP contribution in [0.2, 0.25) is 0 Å². The maximum atomic E-state index is 5.60. The number of thiocarbonyl (C=S) groups is 1. The zero-order chi connectivity index (χ0) is 18.6. The van der Waals surface area contributed by atoms with Gasteiger partial charge in [0.1, 0.15) is 5.82 Å². The molecule has 2 aliphatic rings. The minimum absolute atomic E-state index is 0.217. The molecule has 1 aromatic heterocycles. The predicted molar refractivity (Wildman–Crippen MR) is 108 cm³/mol. The minimum atomic E-state index is 0.217. The Labute approximate surface area is 164 Å². The molecule has 0 spiro atoms. The summed E-state index contributed by atoms with van der Waals surface area (Å²) in [6.45, 7) is 3.15. The minimum Gasteiger partial charge on any atom is -0.481 e. The van der Waals surface area contributed by atoms with E-state index in [-0.39, 0.29) is 6.10 Å². The van der Waals surface area contributed by atoms with Gasteiger partial charge in [-0.25, -0.2) is 0 Å². The molecule has 2 N–H and O–H groups in total. The molecule has 4 rings (SSSR count). The Morgan fingerprint density at radius 2 is 2.07 bits per heavy atom. The third kappa shape index (κ3) is 4.28. The van der Waals surface area contributed by atoms with Gasteiger partial charge in [0.2, 0.25) is 11.8 Å². The van der Waals surface area contributed by atoms with Crippen LogP contribution >= 0.6 is 12.2 Å². The Hall–Kier alpha value is -2.45. The fourth-order valence-corrected chi connectivity index (χ4v) is 3.56. The third-order valence-electron chi connectivity index (χ3n) is 4.80. The van der Waals surface area contributed by atoms with E-state index in [0.29, 0.717) is 23.5 Å². The highest BCUT2D eigenvalue weighted by atomic mass is 32.1. The maximum Gasteiger partial charge on any atom is 0.234 e. The lowest BCUT2D eigenvalue weighted by atomic mass is 10.1. The average molecular weight is 385 g/mol. The number of rotatable bonds is 5. The normalized spacial score (nSPS) is 18.3. The molecule has 2 aromatic rings. The topological polar surface area (TPSA) is 71.5 Å². The third-order valence-corrected chi connectivity index (χ3v) is 5.05. The zero-order valence-corrected chi connectivity index (χ0v) is 16.1. The summed E-state index contributed by atoms with van der Waals surface area (Å²) in [5.41, 5.74) is 2.64. The number of nitrogens with one attached hydrogen (secondary N) is 2. The molecule has 142 valence electrons. The number of nitrogens with zero attached hydrogens (tertiary/aromatic N) is 3. The Balaban J connectivity index is 1.44. The van der Waals surface area contributed by atoms with Gasteiger partial charge in [-0.15, -0.1) is 0 Å². The highest BCUT2D eigenvalue weighted by molar-refractivity contribution is 7.80. The van der Waals surface area contributed by atoms with Crippen LogP contribution in [0.15, 0.2) is 30.3 Å². The Kier molecular flexibility index (Phi) is 5.35. The molecular weight excluding hydrogens is 362 g/mol. The number of methoxy groups -OCH3 is 1. The molecule has 1 aromatic carbocycles. The Bertz CT molecular complexity index is 800. The van der Waals surface area contributed by atoms with Crippen molar-refractivity contribution in [1.29, 1.82) is 0 Å². The van der Waals surface area contributed by atoms with Crippen LogP contribution in [0.5, 0.6) is 5.88 Å². The Morgan fingerprint density at radius 3 is 2.74 bits per heavy atom. The van der Waals surface area contributed by atoms with Gasteiger partial charge in [-0.1, -0.05) is 24.3 Å². The van der Waals surface area contributed by atoms with Crippen LogP contribution in [0.3, 0.4) is 0 Å². The maximum absolute atomic E-state index is 5.60. The second kappa shape index (κ2) is 8.06. The summed E-state index contributed by atoms with van der Waals surface area (Å²) in [5.74, 6) is 1.73. The van der Waals surface area contributed by atoms with Crippen LogP contribution in [-0.2, 0) is 17.8 Å². The molecule has 2 aliphatic heterocycles. The molecular formula is C19H23N5O2S. The van der Waals surface area contributed by atoms with Gasteiger partial charge in [0.25, 0.3) is 0 Å². The first-order valence-electron chi connectivity index (χ1n) is 9.12. The van der Waals surface area contributed by atoms with Gasteiger partial charge < -0.3 is 25.0 Å². The van der Waals surface area contributed by atoms with Crippen molar-refractivity contribution in [2.45, 2.75) is 32.0 Å². The fraction of sp³-hybridized carbons (Fsp3) is 0.421. The van der Waals surface area contributed by atoms with E-state index in [1.807, 2.05) is 6.07 Å². The standard InChI is InChI=1S/C19H23N5O2S/c1-25-17-9-16(24-11-13-5-2-3-6-14(13)12-24)21-18(22-17)23-19(27)20-10-15-7-4-8-26-15/h2-3,5-6,9,15H,4,7-8,10-12H2,1H3,(H2,20,21,22,23,27)/t15-/m0/s1. The SMILES string of the molecule is COc1cc(N2Cc3ccccc3C2)nc(NC(=S)NC[C@@H]2CCCO2)n1. The zero-order valence-electron chi connectivity index (χ0n) is 15.3. The van der Waals surface area contributed by atoms with Crippen LogP contribution in [0.1, 0.15) is 24.0 Å². The molecule has 1 fully saturated rings. The van der Waals surface area contributed by atoms with Gasteiger partial charge >= 0.3 is 0 Å². The largest absolute Gasteiger partial charge is 0.481 e. The van der Waals surface area contributed by atoms with Crippen LogP contribution in [0.25, 0.3) is 0 Å². The van der Waals surface area contributed by atoms with Crippen LogP contribution < -0.4 is 20.3 Å². The quantitative estimate of drug-likeness (QED) is 0.761. The average Bonchev–Trinajstić information content (AvgIpc) is 3.35. The lowest BCUT2D eigenvalue weighted by Gasteiger charge is -2.19. The first-order valence-corrected chi connectivity index (χ1v) is 9.53. The molecule has 0 amide bonds. The van der Waals surface area contributed by atoms with Crippen molar-refractivity contribution in [3.63, 3.8) is 0 Å². The van der Waals surface area contributed by atoms with Crippen molar-refractivity contribution in [1.82, 2.24) is 15.3 Å². The molecule has 0 aliphatic carbocycles. The monoisotopic (exact) mass is 385 g/mol. The second-order valence-corrected chi connectivity index (χ2v) is 7.10. The molecule has 1 atom stereocenters. The molecule has 0 bridgehead atoms. The number of fused-ring (bicyclic) bond motifs is 1. The van der Waals surface area contributed by atoms with E-state index in [9.17, 15) is 0 Å². The van der Waals surface area contributed by atoms with Crippen LogP contribution in [0, 0.1) is 0 Å². The van der Waals surface area contributed by atoms with Crippen molar-refractivity contribution in [3.8, 4) is 5.88 Å². The number of anilines is 2. The van der Waals surface area contributed by atoms with Crippen molar-refractivity contribution >= 4 is 29.1 Å². The van der Waals surface area contributed by atoms with Gasteiger partial charge in [-0.2, -0.15) is 9.97 Å². The van der Waals surface area contributed by atoms with E-state index in [0.717, 1.165) is 38.4 Å². The summed E-state index contributed by atoms with van der Waals surface area (Å²) in [7, 11) is 1.60. The first kappa shape index (κ1) is 17.9. The summed E-state index contributed by atoms with van der Waals surface area (Å²) in [4.78, 5) is 11.2. The summed E-state index contributed by atoms with van der Waals surface area (Å²) < 4.78 is 11.0. The number of aromatic nitrogens is 2. The van der Waals surface area contributed by atoms with E-state index in [4.69, 9.17) is 21.7 Å². The van der Waals surface area contributed by atoms with Gasteiger partial charge in [-0.3, -0.25) is 0 Å². The predicted octanol–water partition coefficient (Wildman–Crippen LogP) is 2.47. The van der Waals surface area contributed by atoms with Crippen molar-refractivity contribution in [3.05, 3.63) is 41.5 Å². The summed E-state index contributed by atoms with van der Waals surface area (Å²) >= 11 is 5.37. The lowest BCUT2D eigenvalue weighted by Crippen LogP contribution is -2.35. The number of hydrogen-bond acceptors (Lipinski definition) is 6.